The normalized spacial score (nSPS) is 25.9. The second kappa shape index (κ2) is 10.0. The molecule has 2 heterocycles. The summed E-state index contributed by atoms with van der Waals surface area (Å²) in [4.78, 5) is 8.17. The van der Waals surface area contributed by atoms with Crippen LogP contribution in [0.3, 0.4) is 0 Å². The first-order valence-electron chi connectivity index (χ1n) is 8.25. The number of methoxy groups -OCH3 is 1. The minimum absolute atomic E-state index is 0. The standard InChI is InChI=1S/C15H27F3N4O.HI/c1-3-19-14(22-7-4-12(8-22)10-23-2)20-13-5-6-21(9-13)11-15(16,17)18;/h12-13H,3-11H2,1-2H3,(H,19,20);1H. The molecular formula is C15H28F3IN4O. The third-order valence-electron chi connectivity index (χ3n) is 4.30. The van der Waals surface area contributed by atoms with Gasteiger partial charge in [0.05, 0.1) is 13.2 Å². The fourth-order valence-electron chi connectivity index (χ4n) is 3.31. The molecule has 2 saturated heterocycles. The highest BCUT2D eigenvalue weighted by molar-refractivity contribution is 14.0. The van der Waals surface area contributed by atoms with Gasteiger partial charge in [-0.15, -0.1) is 24.0 Å². The van der Waals surface area contributed by atoms with E-state index in [4.69, 9.17) is 4.74 Å². The molecule has 0 bridgehead atoms. The van der Waals surface area contributed by atoms with Crippen molar-refractivity contribution in [3.05, 3.63) is 0 Å². The lowest BCUT2D eigenvalue weighted by Crippen LogP contribution is -2.46. The molecule has 2 fully saturated rings. The fraction of sp³-hybridized carbons (Fsp3) is 0.933. The van der Waals surface area contributed by atoms with Crippen LogP contribution >= 0.6 is 24.0 Å². The van der Waals surface area contributed by atoms with Crippen molar-refractivity contribution in [3.63, 3.8) is 0 Å². The maximum Gasteiger partial charge on any atom is 0.401 e. The summed E-state index contributed by atoms with van der Waals surface area (Å²) in [5.74, 6) is 1.32. The number of ether oxygens (including phenoxy) is 1. The molecule has 0 aromatic rings. The molecule has 0 aromatic carbocycles. The van der Waals surface area contributed by atoms with Crippen LogP contribution in [0, 0.1) is 5.92 Å². The van der Waals surface area contributed by atoms with Crippen molar-refractivity contribution in [2.45, 2.75) is 32.0 Å². The quantitative estimate of drug-likeness (QED) is 0.385. The van der Waals surface area contributed by atoms with E-state index in [1.807, 2.05) is 6.92 Å². The maximum atomic E-state index is 12.5. The van der Waals surface area contributed by atoms with E-state index in [0.29, 0.717) is 32.0 Å². The Hall–Kier alpha value is -0.290. The van der Waals surface area contributed by atoms with Gasteiger partial charge in [0.15, 0.2) is 5.96 Å². The third-order valence-corrected chi connectivity index (χ3v) is 4.30. The monoisotopic (exact) mass is 464 g/mol. The van der Waals surface area contributed by atoms with E-state index in [0.717, 1.165) is 32.1 Å². The summed E-state index contributed by atoms with van der Waals surface area (Å²) in [5, 5.41) is 3.36. The summed E-state index contributed by atoms with van der Waals surface area (Å²) >= 11 is 0. The zero-order valence-corrected chi connectivity index (χ0v) is 16.6. The Bertz CT molecular complexity index is 409. The second-order valence-corrected chi connectivity index (χ2v) is 6.33. The molecule has 142 valence electrons. The highest BCUT2D eigenvalue weighted by atomic mass is 127. The molecule has 2 atom stereocenters. The van der Waals surface area contributed by atoms with Crippen LogP contribution in [0.5, 0.6) is 0 Å². The summed E-state index contributed by atoms with van der Waals surface area (Å²) < 4.78 is 42.6. The average molecular weight is 464 g/mol. The van der Waals surface area contributed by atoms with Crippen LogP contribution in [0.25, 0.3) is 0 Å². The number of nitrogens with zero attached hydrogens (tertiary/aromatic N) is 3. The average Bonchev–Trinajstić information content (AvgIpc) is 3.07. The van der Waals surface area contributed by atoms with E-state index < -0.39 is 12.7 Å². The summed E-state index contributed by atoms with van der Waals surface area (Å²) in [7, 11) is 1.70. The Kier molecular flexibility index (Phi) is 9.07. The van der Waals surface area contributed by atoms with Crippen LogP contribution in [-0.2, 0) is 4.74 Å². The van der Waals surface area contributed by atoms with Crippen molar-refractivity contribution >= 4 is 29.9 Å². The summed E-state index contributed by atoms with van der Waals surface area (Å²) in [6.07, 6.45) is -2.35. The molecule has 0 saturated carbocycles. The lowest BCUT2D eigenvalue weighted by molar-refractivity contribution is -0.143. The van der Waals surface area contributed by atoms with Crippen LogP contribution in [0.4, 0.5) is 13.2 Å². The number of alkyl halides is 3. The number of halogens is 4. The number of hydrogen-bond donors (Lipinski definition) is 1. The Balaban J connectivity index is 0.00000288. The Morgan fingerprint density at radius 2 is 2.00 bits per heavy atom. The minimum Gasteiger partial charge on any atom is -0.384 e. The van der Waals surface area contributed by atoms with Crippen molar-refractivity contribution in [2.24, 2.45) is 10.9 Å². The number of rotatable bonds is 5. The molecule has 0 aromatic heterocycles. The molecule has 5 nitrogen and oxygen atoms in total. The van der Waals surface area contributed by atoms with Gasteiger partial charge in [-0.2, -0.15) is 13.2 Å². The largest absolute Gasteiger partial charge is 0.401 e. The van der Waals surface area contributed by atoms with Gasteiger partial charge in [-0.25, -0.2) is 0 Å². The molecule has 0 amide bonds. The number of hydrogen-bond acceptors (Lipinski definition) is 3. The number of aliphatic imine (C=N–C) groups is 1. The van der Waals surface area contributed by atoms with Gasteiger partial charge in [0.1, 0.15) is 0 Å². The van der Waals surface area contributed by atoms with E-state index in [1.54, 1.807) is 7.11 Å². The van der Waals surface area contributed by atoms with Crippen molar-refractivity contribution in [2.75, 3.05) is 53.0 Å². The fourth-order valence-corrected chi connectivity index (χ4v) is 3.31. The predicted octanol–water partition coefficient (Wildman–Crippen LogP) is 2.17. The zero-order chi connectivity index (χ0) is 16.9. The Labute approximate surface area is 159 Å². The highest BCUT2D eigenvalue weighted by Crippen LogP contribution is 2.21. The summed E-state index contributed by atoms with van der Waals surface area (Å²) in [6.45, 7) is 5.23. The molecule has 0 radical (unpaired) electrons. The topological polar surface area (TPSA) is 40.1 Å². The van der Waals surface area contributed by atoms with Gasteiger partial charge in [-0.3, -0.25) is 9.89 Å². The molecule has 2 aliphatic heterocycles. The smallest absolute Gasteiger partial charge is 0.384 e. The van der Waals surface area contributed by atoms with Crippen molar-refractivity contribution in [1.29, 1.82) is 0 Å². The Morgan fingerprint density at radius 3 is 2.62 bits per heavy atom. The van der Waals surface area contributed by atoms with Gasteiger partial charge in [0.2, 0.25) is 0 Å². The molecular weight excluding hydrogens is 436 g/mol. The van der Waals surface area contributed by atoms with E-state index in [1.165, 1.54) is 4.90 Å². The van der Waals surface area contributed by atoms with Gasteiger partial charge in [0, 0.05) is 51.8 Å². The van der Waals surface area contributed by atoms with Gasteiger partial charge in [0.25, 0.3) is 0 Å². The molecule has 2 unspecified atom stereocenters. The molecule has 2 aliphatic rings. The molecule has 1 N–H and O–H groups in total. The first kappa shape index (κ1) is 21.8. The van der Waals surface area contributed by atoms with E-state index in [-0.39, 0.29) is 30.0 Å². The number of likely N-dealkylation sites (tertiary alicyclic amines) is 2. The van der Waals surface area contributed by atoms with Gasteiger partial charge in [-0.1, -0.05) is 0 Å². The zero-order valence-electron chi connectivity index (χ0n) is 14.3. The van der Waals surface area contributed by atoms with Crippen molar-refractivity contribution in [1.82, 2.24) is 15.1 Å². The van der Waals surface area contributed by atoms with Gasteiger partial charge in [-0.05, 0) is 19.8 Å². The summed E-state index contributed by atoms with van der Waals surface area (Å²) in [5.41, 5.74) is 0. The molecule has 2 rings (SSSR count). The predicted molar refractivity (Wildman–Crippen MR) is 99.0 cm³/mol. The van der Waals surface area contributed by atoms with Crippen LogP contribution in [0.15, 0.2) is 4.99 Å². The summed E-state index contributed by atoms with van der Waals surface area (Å²) in [6, 6.07) is 0.0316. The van der Waals surface area contributed by atoms with Gasteiger partial charge >= 0.3 is 6.18 Å². The first-order chi connectivity index (χ1) is 10.9. The Morgan fingerprint density at radius 1 is 1.25 bits per heavy atom. The lowest BCUT2D eigenvalue weighted by Gasteiger charge is -2.25. The third kappa shape index (κ3) is 6.91. The lowest BCUT2D eigenvalue weighted by atomic mass is 10.1. The van der Waals surface area contributed by atoms with Crippen LogP contribution in [0.1, 0.15) is 19.8 Å². The van der Waals surface area contributed by atoms with E-state index in [9.17, 15) is 13.2 Å². The van der Waals surface area contributed by atoms with Crippen LogP contribution in [-0.4, -0.2) is 81.0 Å². The number of guanidine groups is 1. The highest BCUT2D eigenvalue weighted by Gasteiger charge is 2.35. The molecule has 9 heteroatoms. The second-order valence-electron chi connectivity index (χ2n) is 6.33. The van der Waals surface area contributed by atoms with Crippen LogP contribution < -0.4 is 5.32 Å². The maximum absolute atomic E-state index is 12.5. The van der Waals surface area contributed by atoms with Gasteiger partial charge < -0.3 is 15.0 Å². The van der Waals surface area contributed by atoms with Crippen LogP contribution in [0.2, 0.25) is 0 Å². The number of nitrogens with one attached hydrogen (secondary N) is 1. The minimum atomic E-state index is -4.13. The van der Waals surface area contributed by atoms with Crippen molar-refractivity contribution < 1.29 is 17.9 Å². The molecule has 0 spiro atoms. The SMILES string of the molecule is CCN=C(NC1CCN(CC(F)(F)F)C1)N1CCC(COC)C1.I. The first-order valence-corrected chi connectivity index (χ1v) is 8.25. The van der Waals surface area contributed by atoms with E-state index in [2.05, 4.69) is 15.2 Å². The van der Waals surface area contributed by atoms with E-state index >= 15 is 0 Å². The molecule has 24 heavy (non-hydrogen) atoms. The molecule has 0 aliphatic carbocycles. The van der Waals surface area contributed by atoms with Crippen molar-refractivity contribution in [3.8, 4) is 0 Å².